The molecule has 1 aromatic carbocycles. The summed E-state index contributed by atoms with van der Waals surface area (Å²) in [6, 6.07) is 9.41. The first-order chi connectivity index (χ1) is 9.34. The normalized spacial score (nSPS) is 14.8. The number of alkyl halides is 3. The van der Waals surface area contributed by atoms with Crippen LogP contribution in [-0.2, 0) is 4.74 Å². The molecule has 0 bridgehead atoms. The van der Waals surface area contributed by atoms with Crippen LogP contribution in [0.25, 0.3) is 0 Å². The van der Waals surface area contributed by atoms with E-state index in [0.29, 0.717) is 6.42 Å². The summed E-state index contributed by atoms with van der Waals surface area (Å²) in [5.74, 6) is 0. The van der Waals surface area contributed by atoms with Gasteiger partial charge < -0.3 is 4.74 Å². The van der Waals surface area contributed by atoms with Gasteiger partial charge in [-0.2, -0.15) is 0 Å². The van der Waals surface area contributed by atoms with Gasteiger partial charge >= 0.3 is 0 Å². The molecule has 0 saturated heterocycles. The fourth-order valence-corrected chi connectivity index (χ4v) is 2.16. The Kier molecular flexibility index (Phi) is 7.03. The van der Waals surface area contributed by atoms with E-state index >= 15 is 0 Å². The summed E-state index contributed by atoms with van der Waals surface area (Å²) < 4.78 is 3.88. The second-order valence-corrected chi connectivity index (χ2v) is 6.74. The molecular formula is C13H16Cl3NO3. The average Bonchev–Trinajstić information content (AvgIpc) is 2.36. The molecule has 7 heteroatoms. The van der Waals surface area contributed by atoms with Crippen molar-refractivity contribution in [2.24, 2.45) is 0 Å². The van der Waals surface area contributed by atoms with Gasteiger partial charge in [0.15, 0.2) is 6.10 Å². The van der Waals surface area contributed by atoms with Crippen LogP contribution in [0.1, 0.15) is 31.4 Å². The monoisotopic (exact) mass is 339 g/mol. The van der Waals surface area contributed by atoms with Crippen molar-refractivity contribution in [1.29, 1.82) is 0 Å². The first kappa shape index (κ1) is 17.5. The molecule has 4 nitrogen and oxygen atoms in total. The molecular weight excluding hydrogens is 325 g/mol. The van der Waals surface area contributed by atoms with Crippen LogP contribution in [-0.4, -0.2) is 21.4 Å². The van der Waals surface area contributed by atoms with Crippen LogP contribution in [0.3, 0.4) is 0 Å². The number of nitro groups is 1. The van der Waals surface area contributed by atoms with E-state index in [1.165, 1.54) is 0 Å². The van der Waals surface area contributed by atoms with E-state index in [9.17, 15) is 10.1 Å². The third-order valence-electron chi connectivity index (χ3n) is 2.73. The fourth-order valence-electron chi connectivity index (χ4n) is 1.80. The molecule has 0 aliphatic rings. The molecule has 1 rings (SSSR count). The Balaban J connectivity index is 2.88. The van der Waals surface area contributed by atoms with Crippen molar-refractivity contribution in [2.75, 3.05) is 6.54 Å². The minimum Gasteiger partial charge on any atom is -0.359 e. The van der Waals surface area contributed by atoms with Gasteiger partial charge in [0.05, 0.1) is 6.10 Å². The van der Waals surface area contributed by atoms with Crippen LogP contribution < -0.4 is 0 Å². The zero-order valence-corrected chi connectivity index (χ0v) is 13.2. The molecule has 0 heterocycles. The lowest BCUT2D eigenvalue weighted by molar-refractivity contribution is -0.492. The van der Waals surface area contributed by atoms with Crippen LogP contribution in [0.4, 0.5) is 0 Å². The van der Waals surface area contributed by atoms with E-state index in [1.54, 1.807) is 0 Å². The second-order valence-electron chi connectivity index (χ2n) is 4.37. The van der Waals surface area contributed by atoms with Gasteiger partial charge in [0, 0.05) is 4.92 Å². The molecule has 0 spiro atoms. The molecule has 0 fully saturated rings. The van der Waals surface area contributed by atoms with Crippen LogP contribution in [0, 0.1) is 10.1 Å². The third kappa shape index (κ3) is 5.83. The van der Waals surface area contributed by atoms with Gasteiger partial charge in [-0.05, 0) is 12.0 Å². The van der Waals surface area contributed by atoms with Gasteiger partial charge in [-0.3, -0.25) is 10.1 Å². The molecule has 112 valence electrons. The third-order valence-corrected chi connectivity index (χ3v) is 3.46. The largest absolute Gasteiger partial charge is 0.359 e. The van der Waals surface area contributed by atoms with E-state index in [0.717, 1.165) is 12.0 Å². The number of rotatable bonds is 7. The highest BCUT2D eigenvalue weighted by molar-refractivity contribution is 6.68. The summed E-state index contributed by atoms with van der Waals surface area (Å²) >= 11 is 17.3. The standard InChI is InChI=1S/C13H16Cl3NO3/c1-2-6-11(10-7-4-3-5-8-10)20-12(9-17(18)19)13(14,15)16/h3-5,7-8,11-12H,2,6,9H2,1H3/t11-,12-/m1/s1. The van der Waals surface area contributed by atoms with Gasteiger partial charge in [0.1, 0.15) is 0 Å². The molecule has 0 aromatic heterocycles. The maximum atomic E-state index is 10.7. The molecule has 0 saturated carbocycles. The molecule has 0 radical (unpaired) electrons. The first-order valence-corrected chi connectivity index (χ1v) is 7.37. The van der Waals surface area contributed by atoms with Crippen molar-refractivity contribution >= 4 is 34.8 Å². The molecule has 0 unspecified atom stereocenters. The Morgan fingerprint density at radius 2 is 1.90 bits per heavy atom. The van der Waals surface area contributed by atoms with Crippen LogP contribution >= 0.6 is 34.8 Å². The van der Waals surface area contributed by atoms with Crippen molar-refractivity contribution < 1.29 is 9.66 Å². The predicted molar refractivity (Wildman–Crippen MR) is 81.1 cm³/mol. The maximum absolute atomic E-state index is 10.7. The minimum atomic E-state index is -1.84. The van der Waals surface area contributed by atoms with Gasteiger partial charge in [0.25, 0.3) is 0 Å². The van der Waals surface area contributed by atoms with Crippen molar-refractivity contribution in [3.63, 3.8) is 0 Å². The summed E-state index contributed by atoms with van der Waals surface area (Å²) in [5, 5.41) is 10.7. The highest BCUT2D eigenvalue weighted by Gasteiger charge is 2.39. The lowest BCUT2D eigenvalue weighted by Gasteiger charge is -2.27. The number of hydrogen-bond acceptors (Lipinski definition) is 3. The van der Waals surface area contributed by atoms with E-state index in [4.69, 9.17) is 39.5 Å². The van der Waals surface area contributed by atoms with Crippen molar-refractivity contribution in [1.82, 2.24) is 0 Å². The van der Waals surface area contributed by atoms with Crippen LogP contribution in [0.2, 0.25) is 0 Å². The molecule has 0 aliphatic heterocycles. The number of hydrogen-bond donors (Lipinski definition) is 0. The molecule has 0 aliphatic carbocycles. The van der Waals surface area contributed by atoms with Gasteiger partial charge in [0.2, 0.25) is 10.3 Å². The predicted octanol–water partition coefficient (Wildman–Crippen LogP) is 4.56. The fraction of sp³-hybridized carbons (Fsp3) is 0.538. The molecule has 2 atom stereocenters. The van der Waals surface area contributed by atoms with E-state index in [1.807, 2.05) is 37.3 Å². The lowest BCUT2D eigenvalue weighted by atomic mass is 10.1. The molecule has 0 amide bonds. The first-order valence-electron chi connectivity index (χ1n) is 6.23. The highest BCUT2D eigenvalue weighted by atomic mass is 35.6. The topological polar surface area (TPSA) is 52.4 Å². The summed E-state index contributed by atoms with van der Waals surface area (Å²) in [6.07, 6.45) is 0.116. The highest BCUT2D eigenvalue weighted by Crippen LogP contribution is 2.36. The van der Waals surface area contributed by atoms with Crippen molar-refractivity contribution in [3.05, 3.63) is 46.0 Å². The summed E-state index contributed by atoms with van der Waals surface area (Å²) in [6.45, 7) is 1.45. The summed E-state index contributed by atoms with van der Waals surface area (Å²) in [4.78, 5) is 10.1. The summed E-state index contributed by atoms with van der Waals surface area (Å²) in [5.41, 5.74) is 0.914. The van der Waals surface area contributed by atoms with E-state index < -0.39 is 21.4 Å². The lowest BCUT2D eigenvalue weighted by Crippen LogP contribution is -2.36. The zero-order valence-electron chi connectivity index (χ0n) is 11.0. The second kappa shape index (κ2) is 8.03. The number of benzene rings is 1. The number of nitrogens with zero attached hydrogens (tertiary/aromatic N) is 1. The molecule has 20 heavy (non-hydrogen) atoms. The van der Waals surface area contributed by atoms with Crippen molar-refractivity contribution in [2.45, 2.75) is 35.8 Å². The Bertz CT molecular complexity index is 423. The zero-order chi connectivity index (χ0) is 15.2. The van der Waals surface area contributed by atoms with Gasteiger partial charge in [-0.25, -0.2) is 0 Å². The van der Waals surface area contributed by atoms with Crippen LogP contribution in [0.15, 0.2) is 30.3 Å². The smallest absolute Gasteiger partial charge is 0.233 e. The van der Waals surface area contributed by atoms with Crippen molar-refractivity contribution in [3.8, 4) is 0 Å². The van der Waals surface area contributed by atoms with Crippen LogP contribution in [0.5, 0.6) is 0 Å². The Morgan fingerprint density at radius 1 is 1.30 bits per heavy atom. The maximum Gasteiger partial charge on any atom is 0.233 e. The van der Waals surface area contributed by atoms with Gasteiger partial charge in [-0.15, -0.1) is 0 Å². The van der Waals surface area contributed by atoms with E-state index in [2.05, 4.69) is 0 Å². The quantitative estimate of drug-likeness (QED) is 0.415. The van der Waals surface area contributed by atoms with Gasteiger partial charge in [-0.1, -0.05) is 78.5 Å². The Labute approximate surface area is 133 Å². The Morgan fingerprint density at radius 3 is 2.35 bits per heavy atom. The molecule has 1 aromatic rings. The average molecular weight is 341 g/mol. The molecule has 0 N–H and O–H groups in total. The van der Waals surface area contributed by atoms with E-state index in [-0.39, 0.29) is 6.10 Å². The SMILES string of the molecule is CCC[C@@H](O[C@H](C[N+](=O)[O-])C(Cl)(Cl)Cl)c1ccccc1. The Hall–Kier alpha value is -0.550. The number of ether oxygens (including phenoxy) is 1. The summed E-state index contributed by atoms with van der Waals surface area (Å²) in [7, 11) is 0. The number of halogens is 3. The minimum absolute atomic E-state index is 0.332.